The number of pyridine rings is 1. The summed E-state index contributed by atoms with van der Waals surface area (Å²) in [7, 11) is 0. The summed E-state index contributed by atoms with van der Waals surface area (Å²) in [6.07, 6.45) is -3.41. The molecule has 1 rings (SSSR count). The fourth-order valence-electron chi connectivity index (χ4n) is 1.05. The van der Waals surface area contributed by atoms with Crippen molar-refractivity contribution in [2.45, 2.75) is 25.4 Å². The zero-order valence-corrected chi connectivity index (χ0v) is 8.67. The molecule has 0 aliphatic heterocycles. The van der Waals surface area contributed by atoms with E-state index in [1.807, 2.05) is 0 Å². The molecule has 0 saturated carbocycles. The second-order valence-corrected chi connectivity index (χ2v) is 3.86. The van der Waals surface area contributed by atoms with Gasteiger partial charge in [-0.15, -0.1) is 0 Å². The number of rotatable bonds is 2. The third-order valence-corrected chi connectivity index (χ3v) is 2.36. The van der Waals surface area contributed by atoms with Crippen LogP contribution in [0.5, 0.6) is 0 Å². The Morgan fingerprint density at radius 3 is 2.38 bits per heavy atom. The molecule has 0 atom stereocenters. The van der Waals surface area contributed by atoms with E-state index in [0.29, 0.717) is 0 Å². The smallest absolute Gasteiger partial charge is 0.399 e. The van der Waals surface area contributed by atoms with Gasteiger partial charge in [0.15, 0.2) is 0 Å². The molecule has 0 aromatic carbocycles. The van der Waals surface area contributed by atoms with Crippen LogP contribution in [0.25, 0.3) is 0 Å². The minimum Gasteiger partial charge on any atom is -0.478 e. The second-order valence-electron chi connectivity index (χ2n) is 3.86. The lowest BCUT2D eigenvalue weighted by Gasteiger charge is -2.27. The normalized spacial score (nSPS) is 12.6. The lowest BCUT2D eigenvalue weighted by molar-refractivity contribution is -0.181. The van der Waals surface area contributed by atoms with Gasteiger partial charge in [0.05, 0.1) is 11.3 Å². The van der Waals surface area contributed by atoms with Crippen molar-refractivity contribution >= 4 is 5.97 Å². The molecule has 0 radical (unpaired) electrons. The van der Waals surface area contributed by atoms with Crippen molar-refractivity contribution in [2.75, 3.05) is 0 Å². The van der Waals surface area contributed by atoms with Crippen LogP contribution in [0.1, 0.15) is 29.9 Å². The molecule has 1 aromatic rings. The number of nitrogens with zero attached hydrogens (tertiary/aromatic N) is 1. The van der Waals surface area contributed by atoms with Gasteiger partial charge in [0, 0.05) is 6.20 Å². The van der Waals surface area contributed by atoms with Crippen LogP contribution < -0.4 is 0 Å². The molecule has 1 N–H and O–H groups in total. The van der Waals surface area contributed by atoms with Crippen LogP contribution in [0.4, 0.5) is 13.2 Å². The molecule has 0 amide bonds. The van der Waals surface area contributed by atoms with E-state index in [0.717, 1.165) is 32.2 Å². The number of carboxylic acid groups (broad SMARTS) is 1. The summed E-state index contributed by atoms with van der Waals surface area (Å²) < 4.78 is 38.0. The van der Waals surface area contributed by atoms with Crippen LogP contribution in [-0.2, 0) is 5.41 Å². The van der Waals surface area contributed by atoms with E-state index in [1.165, 1.54) is 0 Å². The number of carboxylic acids is 1. The Morgan fingerprint density at radius 1 is 1.38 bits per heavy atom. The topological polar surface area (TPSA) is 50.2 Å². The van der Waals surface area contributed by atoms with Gasteiger partial charge >= 0.3 is 12.1 Å². The molecule has 6 heteroatoms. The highest BCUT2D eigenvalue weighted by Gasteiger charge is 2.49. The maximum absolute atomic E-state index is 12.7. The SMILES string of the molecule is CC(C)(c1cc(C(=O)O)ccn1)C(F)(F)F. The van der Waals surface area contributed by atoms with E-state index in [9.17, 15) is 18.0 Å². The van der Waals surface area contributed by atoms with Crippen molar-refractivity contribution in [3.05, 3.63) is 29.6 Å². The predicted octanol–water partition coefficient (Wildman–Crippen LogP) is 2.62. The molecule has 0 spiro atoms. The van der Waals surface area contributed by atoms with Crippen LogP contribution >= 0.6 is 0 Å². The molecule has 16 heavy (non-hydrogen) atoms. The van der Waals surface area contributed by atoms with E-state index in [4.69, 9.17) is 5.11 Å². The number of carbonyl (C=O) groups is 1. The Morgan fingerprint density at radius 2 is 1.94 bits per heavy atom. The number of alkyl halides is 3. The Bertz CT molecular complexity index is 413. The molecular formula is C10H10F3NO2. The van der Waals surface area contributed by atoms with Gasteiger partial charge in [0.25, 0.3) is 0 Å². The summed E-state index contributed by atoms with van der Waals surface area (Å²) in [5, 5.41) is 8.67. The largest absolute Gasteiger partial charge is 0.478 e. The van der Waals surface area contributed by atoms with Crippen molar-refractivity contribution in [2.24, 2.45) is 0 Å². The van der Waals surface area contributed by atoms with E-state index in [2.05, 4.69) is 4.98 Å². The third kappa shape index (κ3) is 2.15. The third-order valence-electron chi connectivity index (χ3n) is 2.36. The Kier molecular flexibility index (Phi) is 2.94. The van der Waals surface area contributed by atoms with Crippen LogP contribution in [0.15, 0.2) is 18.3 Å². The maximum Gasteiger partial charge on any atom is 0.399 e. The van der Waals surface area contributed by atoms with Crippen LogP contribution in [-0.4, -0.2) is 22.2 Å². The number of aromatic carboxylic acids is 1. The molecule has 0 saturated heterocycles. The quantitative estimate of drug-likeness (QED) is 0.854. The van der Waals surface area contributed by atoms with Crippen molar-refractivity contribution in [1.82, 2.24) is 4.98 Å². The lowest BCUT2D eigenvalue weighted by atomic mass is 9.87. The Hall–Kier alpha value is -1.59. The van der Waals surface area contributed by atoms with E-state index in [-0.39, 0.29) is 11.3 Å². The number of hydrogen-bond donors (Lipinski definition) is 1. The highest BCUT2D eigenvalue weighted by atomic mass is 19.4. The summed E-state index contributed by atoms with van der Waals surface area (Å²) in [5.74, 6) is -1.28. The van der Waals surface area contributed by atoms with Gasteiger partial charge in [-0.3, -0.25) is 4.98 Å². The van der Waals surface area contributed by atoms with E-state index < -0.39 is 17.6 Å². The zero-order valence-electron chi connectivity index (χ0n) is 8.67. The number of hydrogen-bond acceptors (Lipinski definition) is 2. The van der Waals surface area contributed by atoms with Gasteiger partial charge in [-0.2, -0.15) is 13.2 Å². The molecular weight excluding hydrogens is 223 g/mol. The number of aromatic nitrogens is 1. The molecule has 0 unspecified atom stereocenters. The minimum absolute atomic E-state index is 0.206. The van der Waals surface area contributed by atoms with Gasteiger partial charge in [0.1, 0.15) is 5.41 Å². The second kappa shape index (κ2) is 3.77. The van der Waals surface area contributed by atoms with E-state index in [1.54, 1.807) is 0 Å². The standard InChI is InChI=1S/C10H10F3NO2/c1-9(2,10(11,12)13)7-5-6(8(15)16)3-4-14-7/h3-5H,1-2H3,(H,15,16). The summed E-state index contributed by atoms with van der Waals surface area (Å²) in [5.41, 5.74) is -2.68. The van der Waals surface area contributed by atoms with Gasteiger partial charge in [0.2, 0.25) is 0 Å². The first-order chi connectivity index (χ1) is 7.16. The zero-order chi connectivity index (χ0) is 12.6. The first-order valence-electron chi connectivity index (χ1n) is 4.43. The van der Waals surface area contributed by atoms with Crippen molar-refractivity contribution in [3.8, 4) is 0 Å². The molecule has 1 aromatic heterocycles. The summed E-state index contributed by atoms with van der Waals surface area (Å²) in [6, 6.07) is 2.09. The molecule has 0 aliphatic rings. The average molecular weight is 233 g/mol. The summed E-state index contributed by atoms with van der Waals surface area (Å²) in [6.45, 7) is 1.92. The van der Waals surface area contributed by atoms with Gasteiger partial charge in [-0.1, -0.05) is 0 Å². The minimum atomic E-state index is -4.48. The predicted molar refractivity (Wildman–Crippen MR) is 50.3 cm³/mol. The Balaban J connectivity index is 3.24. The molecule has 0 bridgehead atoms. The van der Waals surface area contributed by atoms with Gasteiger partial charge in [-0.05, 0) is 26.0 Å². The summed E-state index contributed by atoms with van der Waals surface area (Å²) >= 11 is 0. The average Bonchev–Trinajstić information content (AvgIpc) is 2.16. The van der Waals surface area contributed by atoms with Gasteiger partial charge in [-0.25, -0.2) is 4.79 Å². The van der Waals surface area contributed by atoms with E-state index >= 15 is 0 Å². The first-order valence-corrected chi connectivity index (χ1v) is 4.43. The lowest BCUT2D eigenvalue weighted by Crippen LogP contribution is -2.37. The molecule has 3 nitrogen and oxygen atoms in total. The molecule has 0 fully saturated rings. The highest BCUT2D eigenvalue weighted by molar-refractivity contribution is 5.87. The highest BCUT2D eigenvalue weighted by Crippen LogP contribution is 2.39. The Labute approximate surface area is 89.9 Å². The van der Waals surface area contributed by atoms with Gasteiger partial charge < -0.3 is 5.11 Å². The number of halogens is 3. The monoisotopic (exact) mass is 233 g/mol. The van der Waals surface area contributed by atoms with Crippen molar-refractivity contribution in [3.63, 3.8) is 0 Å². The van der Waals surface area contributed by atoms with Crippen LogP contribution in [0.2, 0.25) is 0 Å². The fourth-order valence-corrected chi connectivity index (χ4v) is 1.05. The molecule has 88 valence electrons. The summed E-state index contributed by atoms with van der Waals surface area (Å²) in [4.78, 5) is 14.2. The van der Waals surface area contributed by atoms with Crippen LogP contribution in [0.3, 0.4) is 0 Å². The molecule has 0 aliphatic carbocycles. The maximum atomic E-state index is 12.7. The molecule has 1 heterocycles. The van der Waals surface area contributed by atoms with Crippen molar-refractivity contribution < 1.29 is 23.1 Å². The first kappa shape index (κ1) is 12.5. The van der Waals surface area contributed by atoms with Crippen molar-refractivity contribution in [1.29, 1.82) is 0 Å². The van der Waals surface area contributed by atoms with Crippen LogP contribution in [0, 0.1) is 0 Å². The fraction of sp³-hybridized carbons (Fsp3) is 0.400.